The summed E-state index contributed by atoms with van der Waals surface area (Å²) in [4.78, 5) is 24.4. The van der Waals surface area contributed by atoms with E-state index in [9.17, 15) is 14.0 Å². The summed E-state index contributed by atoms with van der Waals surface area (Å²) < 4.78 is 18.1. The van der Waals surface area contributed by atoms with Crippen LogP contribution in [0, 0.1) is 5.82 Å². The number of hydrogen-bond donors (Lipinski definition) is 2. The van der Waals surface area contributed by atoms with Gasteiger partial charge in [0.15, 0.2) is 6.61 Å². The predicted octanol–water partition coefficient (Wildman–Crippen LogP) is 3.37. The average molecular weight is 344 g/mol. The molecule has 25 heavy (non-hydrogen) atoms. The molecule has 2 aromatic rings. The van der Waals surface area contributed by atoms with Crippen molar-refractivity contribution in [2.45, 2.75) is 26.3 Å². The number of carbonyl (C=O) groups excluding carboxylic acids is 2. The van der Waals surface area contributed by atoms with Crippen molar-refractivity contribution in [2.24, 2.45) is 0 Å². The Morgan fingerprint density at radius 3 is 2.48 bits per heavy atom. The Kier molecular flexibility index (Phi) is 6.51. The van der Waals surface area contributed by atoms with Gasteiger partial charge in [-0.15, -0.1) is 0 Å². The van der Waals surface area contributed by atoms with Gasteiger partial charge in [-0.05, 0) is 49.7 Å². The molecule has 0 aromatic heterocycles. The maximum atomic E-state index is 12.8. The lowest BCUT2D eigenvalue weighted by Gasteiger charge is -2.14. The normalized spacial score (nSPS) is 11.5. The zero-order chi connectivity index (χ0) is 18.2. The van der Waals surface area contributed by atoms with Gasteiger partial charge in [-0.3, -0.25) is 9.59 Å². The standard InChI is InChI=1S/C19H21FN2O3/c1-3-13(2)21-19(24)16-6-4-5-7-17(16)22-18(23)12-25-15-10-8-14(20)9-11-15/h4-11,13H,3,12H2,1-2H3,(H,21,24)(H,22,23)/t13-/m0/s1. The van der Waals surface area contributed by atoms with Crippen LogP contribution in [0.3, 0.4) is 0 Å². The number of para-hydroxylation sites is 1. The fourth-order valence-electron chi connectivity index (χ4n) is 2.06. The van der Waals surface area contributed by atoms with Gasteiger partial charge in [0.25, 0.3) is 11.8 Å². The minimum atomic E-state index is -0.409. The Morgan fingerprint density at radius 1 is 1.12 bits per heavy atom. The number of hydrogen-bond acceptors (Lipinski definition) is 3. The minimum absolute atomic E-state index is 0.0399. The van der Waals surface area contributed by atoms with Crippen molar-refractivity contribution in [3.05, 3.63) is 59.9 Å². The molecule has 0 spiro atoms. The number of ether oxygens (including phenoxy) is 1. The number of benzene rings is 2. The smallest absolute Gasteiger partial charge is 0.262 e. The number of halogens is 1. The lowest BCUT2D eigenvalue weighted by molar-refractivity contribution is -0.118. The van der Waals surface area contributed by atoms with Gasteiger partial charge in [0, 0.05) is 6.04 Å². The fourth-order valence-corrected chi connectivity index (χ4v) is 2.06. The van der Waals surface area contributed by atoms with Crippen molar-refractivity contribution in [2.75, 3.05) is 11.9 Å². The minimum Gasteiger partial charge on any atom is -0.484 e. The molecular weight excluding hydrogens is 323 g/mol. The monoisotopic (exact) mass is 344 g/mol. The topological polar surface area (TPSA) is 67.4 Å². The molecule has 0 radical (unpaired) electrons. The average Bonchev–Trinajstić information content (AvgIpc) is 2.61. The summed E-state index contributed by atoms with van der Waals surface area (Å²) in [6.07, 6.45) is 0.811. The SMILES string of the molecule is CC[C@H](C)NC(=O)c1ccccc1NC(=O)COc1ccc(F)cc1. The number of anilines is 1. The van der Waals surface area contributed by atoms with E-state index in [1.807, 2.05) is 13.8 Å². The van der Waals surface area contributed by atoms with Gasteiger partial charge in [0.2, 0.25) is 0 Å². The molecule has 0 aliphatic carbocycles. The quantitative estimate of drug-likeness (QED) is 0.809. The van der Waals surface area contributed by atoms with E-state index in [0.717, 1.165) is 6.42 Å². The molecule has 0 unspecified atom stereocenters. The third-order valence-electron chi connectivity index (χ3n) is 3.62. The summed E-state index contributed by atoms with van der Waals surface area (Å²) in [5.41, 5.74) is 0.800. The maximum absolute atomic E-state index is 12.8. The van der Waals surface area contributed by atoms with Crippen LogP contribution in [0.15, 0.2) is 48.5 Å². The van der Waals surface area contributed by atoms with E-state index < -0.39 is 5.91 Å². The Labute approximate surface area is 146 Å². The van der Waals surface area contributed by atoms with E-state index in [1.54, 1.807) is 24.3 Å². The third kappa shape index (κ3) is 5.60. The molecule has 6 heteroatoms. The van der Waals surface area contributed by atoms with Crippen LogP contribution >= 0.6 is 0 Å². The van der Waals surface area contributed by atoms with Gasteiger partial charge < -0.3 is 15.4 Å². The molecule has 0 aliphatic rings. The molecule has 0 fully saturated rings. The highest BCUT2D eigenvalue weighted by atomic mass is 19.1. The molecule has 0 aliphatic heterocycles. The van der Waals surface area contributed by atoms with E-state index in [2.05, 4.69) is 10.6 Å². The van der Waals surface area contributed by atoms with Crippen molar-refractivity contribution in [1.82, 2.24) is 5.32 Å². The first-order valence-corrected chi connectivity index (χ1v) is 8.07. The summed E-state index contributed by atoms with van der Waals surface area (Å²) in [5.74, 6) is -0.643. The van der Waals surface area contributed by atoms with Crippen molar-refractivity contribution in [1.29, 1.82) is 0 Å². The van der Waals surface area contributed by atoms with E-state index in [0.29, 0.717) is 17.0 Å². The zero-order valence-electron chi connectivity index (χ0n) is 14.2. The van der Waals surface area contributed by atoms with Crippen LogP contribution in [-0.4, -0.2) is 24.5 Å². The van der Waals surface area contributed by atoms with Gasteiger partial charge in [0.05, 0.1) is 11.3 Å². The van der Waals surface area contributed by atoms with E-state index in [1.165, 1.54) is 24.3 Å². The van der Waals surface area contributed by atoms with Gasteiger partial charge in [-0.2, -0.15) is 0 Å². The fraction of sp³-hybridized carbons (Fsp3) is 0.263. The number of carbonyl (C=O) groups is 2. The summed E-state index contributed by atoms with van der Waals surface area (Å²) in [6.45, 7) is 3.65. The summed E-state index contributed by atoms with van der Waals surface area (Å²) >= 11 is 0. The second-order valence-corrected chi connectivity index (χ2v) is 5.62. The number of nitrogens with one attached hydrogen (secondary N) is 2. The second kappa shape index (κ2) is 8.82. The summed E-state index contributed by atoms with van der Waals surface area (Å²) in [6, 6.07) is 12.2. The summed E-state index contributed by atoms with van der Waals surface area (Å²) in [5, 5.41) is 5.53. The van der Waals surface area contributed by atoms with Gasteiger partial charge in [0.1, 0.15) is 11.6 Å². The Balaban J connectivity index is 1.98. The van der Waals surface area contributed by atoms with Crippen LogP contribution in [0.1, 0.15) is 30.6 Å². The van der Waals surface area contributed by atoms with Crippen LogP contribution in [0.2, 0.25) is 0 Å². The predicted molar refractivity (Wildman–Crippen MR) is 94.2 cm³/mol. The first-order valence-electron chi connectivity index (χ1n) is 8.07. The Hall–Kier alpha value is -2.89. The van der Waals surface area contributed by atoms with E-state index >= 15 is 0 Å². The molecule has 2 amide bonds. The molecule has 0 bridgehead atoms. The third-order valence-corrected chi connectivity index (χ3v) is 3.62. The molecule has 0 heterocycles. The van der Waals surface area contributed by atoms with E-state index in [-0.39, 0.29) is 24.4 Å². The molecule has 132 valence electrons. The van der Waals surface area contributed by atoms with Crippen LogP contribution in [0.5, 0.6) is 5.75 Å². The van der Waals surface area contributed by atoms with Crippen molar-refractivity contribution in [3.8, 4) is 5.75 Å². The van der Waals surface area contributed by atoms with Crippen molar-refractivity contribution >= 4 is 17.5 Å². The van der Waals surface area contributed by atoms with Crippen molar-refractivity contribution < 1.29 is 18.7 Å². The number of rotatable bonds is 7. The van der Waals surface area contributed by atoms with Crippen molar-refractivity contribution in [3.63, 3.8) is 0 Å². The first-order chi connectivity index (χ1) is 12.0. The molecule has 0 saturated heterocycles. The van der Waals surface area contributed by atoms with Gasteiger partial charge in [-0.25, -0.2) is 4.39 Å². The molecule has 5 nitrogen and oxygen atoms in total. The zero-order valence-corrected chi connectivity index (χ0v) is 14.2. The molecule has 1 atom stereocenters. The van der Waals surface area contributed by atoms with Crippen LogP contribution in [0.25, 0.3) is 0 Å². The molecular formula is C19H21FN2O3. The molecule has 2 N–H and O–H groups in total. The summed E-state index contributed by atoms with van der Waals surface area (Å²) in [7, 11) is 0. The van der Waals surface area contributed by atoms with Gasteiger partial charge in [-0.1, -0.05) is 19.1 Å². The lowest BCUT2D eigenvalue weighted by atomic mass is 10.1. The molecule has 2 aromatic carbocycles. The Bertz CT molecular complexity index is 732. The highest BCUT2D eigenvalue weighted by molar-refractivity contribution is 6.04. The molecule has 2 rings (SSSR count). The first kappa shape index (κ1) is 18.4. The van der Waals surface area contributed by atoms with Crippen LogP contribution < -0.4 is 15.4 Å². The van der Waals surface area contributed by atoms with E-state index in [4.69, 9.17) is 4.74 Å². The highest BCUT2D eigenvalue weighted by Gasteiger charge is 2.14. The lowest BCUT2D eigenvalue weighted by Crippen LogP contribution is -2.33. The highest BCUT2D eigenvalue weighted by Crippen LogP contribution is 2.16. The number of amides is 2. The Morgan fingerprint density at radius 2 is 1.80 bits per heavy atom. The molecule has 0 saturated carbocycles. The largest absolute Gasteiger partial charge is 0.484 e. The second-order valence-electron chi connectivity index (χ2n) is 5.62. The van der Waals surface area contributed by atoms with Crippen LogP contribution in [0.4, 0.5) is 10.1 Å². The van der Waals surface area contributed by atoms with Gasteiger partial charge >= 0.3 is 0 Å². The van der Waals surface area contributed by atoms with Crippen LogP contribution in [-0.2, 0) is 4.79 Å². The maximum Gasteiger partial charge on any atom is 0.262 e.